The summed E-state index contributed by atoms with van der Waals surface area (Å²) in [7, 11) is 1.55. The average Bonchev–Trinajstić information content (AvgIpc) is 2.43. The van der Waals surface area contributed by atoms with Gasteiger partial charge in [0, 0.05) is 17.8 Å². The van der Waals surface area contributed by atoms with Crippen LogP contribution < -0.4 is 10.5 Å². The van der Waals surface area contributed by atoms with Crippen molar-refractivity contribution in [3.05, 3.63) is 57.9 Å². The second-order valence-corrected chi connectivity index (χ2v) is 4.92. The van der Waals surface area contributed by atoms with Crippen molar-refractivity contribution >= 4 is 15.9 Å². The monoisotopic (exact) mass is 324 g/mol. The van der Waals surface area contributed by atoms with Gasteiger partial charge in [0.05, 0.1) is 11.6 Å². The van der Waals surface area contributed by atoms with Gasteiger partial charge in [-0.05, 0) is 40.0 Å². The van der Waals surface area contributed by atoms with Gasteiger partial charge >= 0.3 is 0 Å². The van der Waals surface area contributed by atoms with Gasteiger partial charge in [-0.3, -0.25) is 0 Å². The largest absolute Gasteiger partial charge is 0.481 e. The van der Waals surface area contributed by atoms with Crippen LogP contribution in [0.5, 0.6) is 5.88 Å². The van der Waals surface area contributed by atoms with Crippen LogP contribution in [-0.4, -0.2) is 12.1 Å². The third-order valence-electron chi connectivity index (χ3n) is 2.86. The summed E-state index contributed by atoms with van der Waals surface area (Å²) >= 11 is 3.24. The molecule has 1 unspecified atom stereocenters. The van der Waals surface area contributed by atoms with Crippen LogP contribution in [0.2, 0.25) is 0 Å². The Balaban J connectivity index is 2.26. The van der Waals surface area contributed by atoms with Crippen LogP contribution in [0.4, 0.5) is 4.39 Å². The summed E-state index contributed by atoms with van der Waals surface area (Å²) in [5.41, 5.74) is 7.78. The molecule has 0 bridgehead atoms. The van der Waals surface area contributed by atoms with Crippen molar-refractivity contribution in [1.82, 2.24) is 4.98 Å². The van der Waals surface area contributed by atoms with Gasteiger partial charge < -0.3 is 10.5 Å². The molecule has 2 N–H and O–H groups in total. The Kier molecular flexibility index (Phi) is 4.50. The molecule has 2 rings (SSSR count). The Hall–Kier alpha value is -1.46. The second-order valence-electron chi connectivity index (χ2n) is 4.13. The maximum atomic E-state index is 13.5. The molecule has 0 aliphatic carbocycles. The van der Waals surface area contributed by atoms with Crippen molar-refractivity contribution in [2.45, 2.75) is 12.5 Å². The summed E-state index contributed by atoms with van der Waals surface area (Å²) in [6, 6.07) is 8.28. The van der Waals surface area contributed by atoms with Crippen molar-refractivity contribution in [2.24, 2.45) is 5.73 Å². The fraction of sp³-hybridized carbons (Fsp3) is 0.214. The van der Waals surface area contributed by atoms with Gasteiger partial charge in [-0.15, -0.1) is 0 Å². The number of halogens is 2. The highest BCUT2D eigenvalue weighted by Crippen LogP contribution is 2.27. The van der Waals surface area contributed by atoms with E-state index in [9.17, 15) is 4.39 Å². The molecule has 3 nitrogen and oxygen atoms in total. The molecular weight excluding hydrogens is 311 g/mol. The number of pyridine rings is 1. The van der Waals surface area contributed by atoms with Crippen molar-refractivity contribution in [1.29, 1.82) is 0 Å². The van der Waals surface area contributed by atoms with E-state index in [0.29, 0.717) is 16.8 Å². The van der Waals surface area contributed by atoms with Crippen LogP contribution in [0, 0.1) is 5.82 Å². The second kappa shape index (κ2) is 6.12. The molecule has 5 heteroatoms. The molecule has 0 radical (unpaired) electrons. The molecule has 100 valence electrons. The van der Waals surface area contributed by atoms with Crippen LogP contribution >= 0.6 is 15.9 Å². The molecule has 0 saturated carbocycles. The van der Waals surface area contributed by atoms with E-state index < -0.39 is 0 Å². The quantitative estimate of drug-likeness (QED) is 0.939. The third kappa shape index (κ3) is 3.11. The lowest BCUT2D eigenvalue weighted by molar-refractivity contribution is 0.388. The number of nitrogens with zero attached hydrogens (tertiary/aromatic N) is 1. The third-order valence-corrected chi connectivity index (χ3v) is 3.75. The molecule has 1 aromatic heterocycles. The Bertz CT molecular complexity index is 577. The highest BCUT2D eigenvalue weighted by molar-refractivity contribution is 9.10. The fourth-order valence-electron chi connectivity index (χ4n) is 1.91. The SMILES string of the molecule is COc1ncccc1C(N)Cc1cccc(F)c1Br. The van der Waals surface area contributed by atoms with Crippen LogP contribution in [0.25, 0.3) is 0 Å². The lowest BCUT2D eigenvalue weighted by atomic mass is 10.0. The van der Waals surface area contributed by atoms with Crippen molar-refractivity contribution in [3.63, 3.8) is 0 Å². The zero-order valence-electron chi connectivity index (χ0n) is 10.4. The number of ether oxygens (including phenoxy) is 1. The van der Waals surface area contributed by atoms with Crippen LogP contribution in [-0.2, 0) is 6.42 Å². The standard InChI is InChI=1S/C14H14BrFN2O/c1-19-14-10(5-3-7-18-14)12(17)8-9-4-2-6-11(16)13(9)15/h2-7,12H,8,17H2,1H3. The predicted octanol–water partition coefficient (Wildman–Crippen LogP) is 3.23. The maximum Gasteiger partial charge on any atom is 0.217 e. The van der Waals surface area contributed by atoms with Crippen LogP contribution in [0.15, 0.2) is 41.0 Å². The van der Waals surface area contributed by atoms with E-state index in [4.69, 9.17) is 10.5 Å². The smallest absolute Gasteiger partial charge is 0.217 e. The van der Waals surface area contributed by atoms with Gasteiger partial charge in [-0.25, -0.2) is 9.37 Å². The minimum absolute atomic E-state index is 0.289. The summed E-state index contributed by atoms with van der Waals surface area (Å²) < 4.78 is 19.1. The topological polar surface area (TPSA) is 48.1 Å². The number of nitrogens with two attached hydrogens (primary N) is 1. The molecule has 0 spiro atoms. The molecule has 0 aliphatic heterocycles. The molecule has 1 heterocycles. The number of rotatable bonds is 4. The summed E-state index contributed by atoms with van der Waals surface area (Å²) in [5.74, 6) is 0.213. The van der Waals surface area contributed by atoms with Gasteiger partial charge in [0.2, 0.25) is 5.88 Å². The van der Waals surface area contributed by atoms with E-state index in [1.165, 1.54) is 6.07 Å². The summed E-state index contributed by atoms with van der Waals surface area (Å²) in [6.45, 7) is 0. The van der Waals surface area contributed by atoms with Gasteiger partial charge in [0.1, 0.15) is 5.82 Å². The lowest BCUT2D eigenvalue weighted by Gasteiger charge is -2.15. The molecule has 0 aliphatic rings. The molecule has 0 saturated heterocycles. The maximum absolute atomic E-state index is 13.5. The zero-order valence-corrected chi connectivity index (χ0v) is 12.0. The van der Waals surface area contributed by atoms with E-state index in [1.807, 2.05) is 12.1 Å². The molecule has 19 heavy (non-hydrogen) atoms. The predicted molar refractivity (Wildman–Crippen MR) is 75.5 cm³/mol. The molecule has 2 aromatic rings. The van der Waals surface area contributed by atoms with E-state index in [0.717, 1.165) is 11.1 Å². The first-order valence-electron chi connectivity index (χ1n) is 5.81. The van der Waals surface area contributed by atoms with Crippen molar-refractivity contribution in [2.75, 3.05) is 7.11 Å². The molecule has 0 fully saturated rings. The minimum Gasteiger partial charge on any atom is -0.481 e. The van der Waals surface area contributed by atoms with E-state index >= 15 is 0 Å². The Morgan fingerprint density at radius 2 is 2.16 bits per heavy atom. The van der Waals surface area contributed by atoms with Gasteiger partial charge in [-0.2, -0.15) is 0 Å². The van der Waals surface area contributed by atoms with Crippen molar-refractivity contribution < 1.29 is 9.13 Å². The number of hydrogen-bond acceptors (Lipinski definition) is 3. The van der Waals surface area contributed by atoms with Gasteiger partial charge in [0.15, 0.2) is 0 Å². The molecule has 0 amide bonds. The van der Waals surface area contributed by atoms with Gasteiger partial charge in [0.25, 0.3) is 0 Å². The number of methoxy groups -OCH3 is 1. The zero-order chi connectivity index (χ0) is 13.8. The summed E-state index contributed by atoms with van der Waals surface area (Å²) in [4.78, 5) is 4.11. The first-order valence-corrected chi connectivity index (χ1v) is 6.60. The van der Waals surface area contributed by atoms with Crippen LogP contribution in [0.3, 0.4) is 0 Å². The van der Waals surface area contributed by atoms with E-state index in [1.54, 1.807) is 25.4 Å². The van der Waals surface area contributed by atoms with E-state index in [-0.39, 0.29) is 11.9 Å². The molecular formula is C14H14BrFN2O. The molecule has 1 atom stereocenters. The first kappa shape index (κ1) is 14.0. The van der Waals surface area contributed by atoms with E-state index in [2.05, 4.69) is 20.9 Å². The highest BCUT2D eigenvalue weighted by Gasteiger charge is 2.15. The fourth-order valence-corrected chi connectivity index (χ4v) is 2.34. The highest BCUT2D eigenvalue weighted by atomic mass is 79.9. The Morgan fingerprint density at radius 3 is 2.89 bits per heavy atom. The molecule has 1 aromatic carbocycles. The van der Waals surface area contributed by atoms with Crippen LogP contribution in [0.1, 0.15) is 17.2 Å². The average molecular weight is 325 g/mol. The Labute approximate surface area is 119 Å². The normalized spacial score (nSPS) is 12.2. The number of benzene rings is 1. The van der Waals surface area contributed by atoms with Crippen molar-refractivity contribution in [3.8, 4) is 5.88 Å². The first-order chi connectivity index (χ1) is 9.13. The summed E-state index contributed by atoms with van der Waals surface area (Å²) in [6.07, 6.45) is 2.15. The Morgan fingerprint density at radius 1 is 1.37 bits per heavy atom. The lowest BCUT2D eigenvalue weighted by Crippen LogP contribution is -2.15. The number of aromatic nitrogens is 1. The minimum atomic E-state index is -0.304. The van der Waals surface area contributed by atoms with Gasteiger partial charge in [-0.1, -0.05) is 18.2 Å². The number of hydrogen-bond donors (Lipinski definition) is 1. The summed E-state index contributed by atoms with van der Waals surface area (Å²) in [5, 5.41) is 0.